The van der Waals surface area contributed by atoms with Crippen LogP contribution in [0, 0.1) is 5.92 Å². The van der Waals surface area contributed by atoms with E-state index in [2.05, 4.69) is 27.8 Å². The number of rotatable bonds is 4. The molecule has 0 N–H and O–H groups in total. The molecule has 3 heteroatoms. The molecule has 1 heterocycles. The quantitative estimate of drug-likeness (QED) is 0.749. The van der Waals surface area contributed by atoms with Crippen molar-refractivity contribution in [3.05, 3.63) is 30.1 Å². The number of fused-ring (bicyclic) bond motifs is 1. The van der Waals surface area contributed by atoms with Crippen molar-refractivity contribution in [1.29, 1.82) is 0 Å². The molecule has 0 bridgehead atoms. The van der Waals surface area contributed by atoms with Crippen molar-refractivity contribution in [2.45, 2.75) is 38.1 Å². The van der Waals surface area contributed by atoms with E-state index in [1.807, 2.05) is 6.07 Å². The van der Waals surface area contributed by atoms with Gasteiger partial charge in [-0.1, -0.05) is 31.4 Å². The largest absolute Gasteiger partial charge is 0.327 e. The van der Waals surface area contributed by atoms with Gasteiger partial charge in [-0.15, -0.1) is 11.6 Å². The lowest BCUT2D eigenvalue weighted by atomic mass is 9.83. The highest BCUT2D eigenvalue weighted by atomic mass is 35.5. The molecule has 0 unspecified atom stereocenters. The lowest BCUT2D eigenvalue weighted by Crippen LogP contribution is -2.14. The fraction of sp³-hybridized carbons (Fsp3) is 0.500. The van der Waals surface area contributed by atoms with Crippen molar-refractivity contribution in [3.63, 3.8) is 0 Å². The second-order valence-corrected chi connectivity index (χ2v) is 5.15. The van der Waals surface area contributed by atoms with Crippen LogP contribution in [0.1, 0.15) is 31.5 Å². The van der Waals surface area contributed by atoms with E-state index in [1.54, 1.807) is 0 Å². The molecule has 1 fully saturated rings. The van der Waals surface area contributed by atoms with Crippen molar-refractivity contribution in [2.24, 2.45) is 5.92 Å². The van der Waals surface area contributed by atoms with E-state index in [9.17, 15) is 0 Å². The molecule has 2 nitrogen and oxygen atoms in total. The zero-order valence-electron chi connectivity index (χ0n) is 9.90. The minimum atomic E-state index is 0.499. The minimum Gasteiger partial charge on any atom is -0.327 e. The number of para-hydroxylation sites is 2. The van der Waals surface area contributed by atoms with Crippen LogP contribution in [0.5, 0.6) is 0 Å². The number of hydrogen-bond donors (Lipinski definition) is 0. The summed E-state index contributed by atoms with van der Waals surface area (Å²) in [6, 6.07) is 8.30. The molecule has 0 radical (unpaired) electrons. The number of benzene rings is 1. The number of aromatic nitrogens is 2. The zero-order valence-corrected chi connectivity index (χ0v) is 10.7. The summed E-state index contributed by atoms with van der Waals surface area (Å²) in [6.07, 6.45) is 5.49. The number of aryl methyl sites for hydroxylation is 1. The molecule has 3 rings (SSSR count). The second kappa shape index (κ2) is 4.69. The highest BCUT2D eigenvalue weighted by Gasteiger charge is 2.18. The van der Waals surface area contributed by atoms with Crippen LogP contribution in [0.2, 0.25) is 0 Å². The van der Waals surface area contributed by atoms with Gasteiger partial charge in [-0.05, 0) is 24.5 Å². The Hall–Kier alpha value is -1.02. The number of hydrogen-bond acceptors (Lipinski definition) is 1. The van der Waals surface area contributed by atoms with Crippen LogP contribution in [0.15, 0.2) is 24.3 Å². The van der Waals surface area contributed by atoms with Crippen molar-refractivity contribution < 1.29 is 0 Å². The first-order valence-electron chi connectivity index (χ1n) is 6.38. The Morgan fingerprint density at radius 2 is 2.12 bits per heavy atom. The van der Waals surface area contributed by atoms with Gasteiger partial charge in [0.05, 0.1) is 16.9 Å². The first kappa shape index (κ1) is 11.1. The van der Waals surface area contributed by atoms with Crippen molar-refractivity contribution in [1.82, 2.24) is 9.55 Å². The summed E-state index contributed by atoms with van der Waals surface area (Å²) in [7, 11) is 0. The fourth-order valence-electron chi connectivity index (χ4n) is 2.57. The predicted octanol–water partition coefficient (Wildman–Crippen LogP) is 3.97. The predicted molar refractivity (Wildman–Crippen MR) is 71.2 cm³/mol. The maximum absolute atomic E-state index is 5.98. The Labute approximate surface area is 107 Å². The third-order valence-electron chi connectivity index (χ3n) is 3.84. The van der Waals surface area contributed by atoms with Crippen molar-refractivity contribution >= 4 is 22.6 Å². The molecule has 1 aromatic heterocycles. The van der Waals surface area contributed by atoms with Crippen molar-refractivity contribution in [3.8, 4) is 0 Å². The molecule has 0 aliphatic heterocycles. The summed E-state index contributed by atoms with van der Waals surface area (Å²) < 4.78 is 2.29. The monoisotopic (exact) mass is 248 g/mol. The number of alkyl halides is 1. The van der Waals surface area contributed by atoms with Gasteiger partial charge in [0.15, 0.2) is 0 Å². The Kier molecular flexibility index (Phi) is 3.06. The highest BCUT2D eigenvalue weighted by Crippen LogP contribution is 2.30. The summed E-state index contributed by atoms with van der Waals surface area (Å²) in [5.41, 5.74) is 2.29. The van der Waals surface area contributed by atoms with Gasteiger partial charge < -0.3 is 4.57 Å². The van der Waals surface area contributed by atoms with Gasteiger partial charge >= 0.3 is 0 Å². The molecule has 0 spiro atoms. The van der Waals surface area contributed by atoms with E-state index >= 15 is 0 Å². The minimum absolute atomic E-state index is 0.499. The molecule has 0 atom stereocenters. The smallest absolute Gasteiger partial charge is 0.124 e. The van der Waals surface area contributed by atoms with Gasteiger partial charge in [-0.3, -0.25) is 0 Å². The first-order valence-corrected chi connectivity index (χ1v) is 6.92. The molecular formula is C14H17ClN2. The van der Waals surface area contributed by atoms with Gasteiger partial charge in [0.1, 0.15) is 5.82 Å². The maximum atomic E-state index is 5.98. The van der Waals surface area contributed by atoms with Crippen LogP contribution in [0.25, 0.3) is 11.0 Å². The molecule has 1 aromatic carbocycles. The van der Waals surface area contributed by atoms with E-state index in [1.165, 1.54) is 31.2 Å². The van der Waals surface area contributed by atoms with Crippen LogP contribution in [0.3, 0.4) is 0 Å². The summed E-state index contributed by atoms with van der Waals surface area (Å²) in [5, 5.41) is 0. The summed E-state index contributed by atoms with van der Waals surface area (Å²) in [5.74, 6) is 2.44. The Morgan fingerprint density at radius 1 is 1.29 bits per heavy atom. The SMILES string of the molecule is ClCc1nc2ccccc2n1CCC1CCC1. The average Bonchev–Trinajstić information content (AvgIpc) is 2.66. The van der Waals surface area contributed by atoms with Crippen LogP contribution >= 0.6 is 11.6 Å². The Morgan fingerprint density at radius 3 is 2.82 bits per heavy atom. The Balaban J connectivity index is 1.88. The van der Waals surface area contributed by atoms with Crippen LogP contribution < -0.4 is 0 Å². The standard InChI is InChI=1S/C14H17ClN2/c15-10-14-16-12-6-1-2-7-13(12)17(14)9-8-11-4-3-5-11/h1-2,6-7,11H,3-5,8-10H2. The van der Waals surface area contributed by atoms with E-state index in [0.717, 1.165) is 23.8 Å². The number of halogens is 1. The third-order valence-corrected chi connectivity index (χ3v) is 4.08. The van der Waals surface area contributed by atoms with Gasteiger partial charge in [0.25, 0.3) is 0 Å². The molecule has 2 aromatic rings. The van der Waals surface area contributed by atoms with Crippen LogP contribution in [-0.2, 0) is 12.4 Å². The second-order valence-electron chi connectivity index (χ2n) is 4.89. The molecule has 1 aliphatic carbocycles. The molecule has 1 saturated carbocycles. The number of imidazole rings is 1. The first-order chi connectivity index (χ1) is 8.38. The Bertz CT molecular complexity index is 514. The van der Waals surface area contributed by atoms with Gasteiger partial charge in [0.2, 0.25) is 0 Å². The van der Waals surface area contributed by atoms with Gasteiger partial charge in [-0.25, -0.2) is 4.98 Å². The fourth-order valence-corrected chi connectivity index (χ4v) is 2.77. The lowest BCUT2D eigenvalue weighted by molar-refractivity contribution is 0.282. The van der Waals surface area contributed by atoms with Crippen LogP contribution in [0.4, 0.5) is 0 Å². The summed E-state index contributed by atoms with van der Waals surface area (Å²) in [6.45, 7) is 1.06. The molecule has 17 heavy (non-hydrogen) atoms. The molecule has 0 saturated heterocycles. The third kappa shape index (κ3) is 2.06. The van der Waals surface area contributed by atoms with E-state index in [0.29, 0.717) is 5.88 Å². The molecule has 1 aliphatic rings. The normalized spacial score (nSPS) is 16.3. The van der Waals surface area contributed by atoms with Gasteiger partial charge in [0, 0.05) is 6.54 Å². The molecular weight excluding hydrogens is 232 g/mol. The van der Waals surface area contributed by atoms with E-state index in [-0.39, 0.29) is 0 Å². The van der Waals surface area contributed by atoms with Crippen molar-refractivity contribution in [2.75, 3.05) is 0 Å². The summed E-state index contributed by atoms with van der Waals surface area (Å²) >= 11 is 5.98. The zero-order chi connectivity index (χ0) is 11.7. The molecule has 90 valence electrons. The number of nitrogens with zero attached hydrogens (tertiary/aromatic N) is 2. The highest BCUT2D eigenvalue weighted by molar-refractivity contribution is 6.16. The average molecular weight is 249 g/mol. The van der Waals surface area contributed by atoms with Gasteiger partial charge in [-0.2, -0.15) is 0 Å². The topological polar surface area (TPSA) is 17.8 Å². The van der Waals surface area contributed by atoms with E-state index in [4.69, 9.17) is 11.6 Å². The summed E-state index contributed by atoms with van der Waals surface area (Å²) in [4.78, 5) is 4.58. The van der Waals surface area contributed by atoms with Crippen LogP contribution in [-0.4, -0.2) is 9.55 Å². The lowest BCUT2D eigenvalue weighted by Gasteiger charge is -2.25. The van der Waals surface area contributed by atoms with E-state index < -0.39 is 0 Å². The molecule has 0 amide bonds. The maximum Gasteiger partial charge on any atom is 0.124 e.